The Labute approximate surface area is 174 Å². The summed E-state index contributed by atoms with van der Waals surface area (Å²) in [5.74, 6) is -0.690. The first-order valence-electron chi connectivity index (χ1n) is 9.36. The zero-order valence-corrected chi connectivity index (χ0v) is 16.0. The van der Waals surface area contributed by atoms with Crippen LogP contribution in [0.15, 0.2) is 65.8 Å². The molecule has 0 unspecified atom stereocenters. The van der Waals surface area contributed by atoms with Gasteiger partial charge in [-0.25, -0.2) is 8.78 Å². The van der Waals surface area contributed by atoms with E-state index < -0.39 is 17.2 Å². The van der Waals surface area contributed by atoms with Crippen molar-refractivity contribution in [3.63, 3.8) is 0 Å². The Balaban J connectivity index is 1.91. The monoisotopic (exact) mass is 416 g/mol. The minimum absolute atomic E-state index is 0.0169. The Morgan fingerprint density at radius 3 is 2.74 bits per heavy atom. The standard InChI is InChI=1S/C23H14F2N4O2/c24-13-7-14(11-27-10-13)29-20-12-31-21-5-2-6-28-22(21)17(20)8-16(23(29)30)15-3-1-4-19(25)18(15)9-26/h1-11,26H,12H2. The van der Waals surface area contributed by atoms with Crippen molar-refractivity contribution < 1.29 is 13.5 Å². The number of aromatic nitrogens is 3. The first-order chi connectivity index (χ1) is 15.1. The molecule has 1 aliphatic rings. The summed E-state index contributed by atoms with van der Waals surface area (Å²) in [6.45, 7) is 0.0562. The molecule has 0 saturated carbocycles. The van der Waals surface area contributed by atoms with E-state index in [4.69, 9.17) is 10.1 Å². The van der Waals surface area contributed by atoms with Crippen molar-refractivity contribution in [2.75, 3.05) is 0 Å². The molecule has 8 heteroatoms. The SMILES string of the molecule is N=Cc1c(F)cccc1-c1cc2c(n(-c3cncc(F)c3)c1=O)COc1cccnc1-2. The first kappa shape index (κ1) is 18.8. The van der Waals surface area contributed by atoms with E-state index in [9.17, 15) is 13.6 Å². The molecule has 0 saturated heterocycles. The van der Waals surface area contributed by atoms with Crippen LogP contribution in [0, 0.1) is 17.0 Å². The molecule has 0 atom stereocenters. The fourth-order valence-electron chi connectivity index (χ4n) is 3.76. The molecule has 6 nitrogen and oxygen atoms in total. The summed E-state index contributed by atoms with van der Waals surface area (Å²) in [4.78, 5) is 21.8. The highest BCUT2D eigenvalue weighted by Gasteiger charge is 2.26. The van der Waals surface area contributed by atoms with Gasteiger partial charge in [0, 0.05) is 35.2 Å². The van der Waals surface area contributed by atoms with Crippen LogP contribution in [0.3, 0.4) is 0 Å². The third kappa shape index (κ3) is 3.00. The number of benzene rings is 1. The van der Waals surface area contributed by atoms with E-state index in [2.05, 4.69) is 9.97 Å². The summed E-state index contributed by atoms with van der Waals surface area (Å²) >= 11 is 0. The molecule has 0 radical (unpaired) electrons. The Morgan fingerprint density at radius 1 is 1.06 bits per heavy atom. The molecular formula is C23H14F2N4O2. The molecule has 1 N–H and O–H groups in total. The average molecular weight is 416 g/mol. The number of fused-ring (bicyclic) bond motifs is 3. The molecule has 1 aromatic carbocycles. The Hall–Kier alpha value is -4.20. The minimum atomic E-state index is -0.620. The van der Waals surface area contributed by atoms with Crippen LogP contribution >= 0.6 is 0 Å². The fourth-order valence-corrected chi connectivity index (χ4v) is 3.76. The molecule has 0 amide bonds. The van der Waals surface area contributed by atoms with Gasteiger partial charge in [-0.2, -0.15) is 0 Å². The lowest BCUT2D eigenvalue weighted by Gasteiger charge is -2.24. The van der Waals surface area contributed by atoms with E-state index in [1.54, 1.807) is 30.5 Å². The normalized spacial score (nSPS) is 11.9. The molecule has 0 fully saturated rings. The van der Waals surface area contributed by atoms with Gasteiger partial charge < -0.3 is 10.1 Å². The molecule has 31 heavy (non-hydrogen) atoms. The van der Waals surface area contributed by atoms with E-state index >= 15 is 0 Å². The number of halogens is 2. The molecule has 0 bridgehead atoms. The third-order valence-electron chi connectivity index (χ3n) is 5.13. The Morgan fingerprint density at radius 2 is 1.94 bits per heavy atom. The van der Waals surface area contributed by atoms with Crippen molar-refractivity contribution in [3.05, 3.63) is 94.3 Å². The number of rotatable bonds is 3. The van der Waals surface area contributed by atoms with Crippen LogP contribution < -0.4 is 10.3 Å². The lowest BCUT2D eigenvalue weighted by molar-refractivity contribution is 0.292. The Bertz CT molecular complexity index is 1420. The van der Waals surface area contributed by atoms with Crippen molar-refractivity contribution in [2.45, 2.75) is 6.61 Å². The van der Waals surface area contributed by atoms with Gasteiger partial charge in [0.1, 0.15) is 29.7 Å². The van der Waals surface area contributed by atoms with Gasteiger partial charge in [0.2, 0.25) is 0 Å². The Kier molecular flexibility index (Phi) is 4.39. The zero-order chi connectivity index (χ0) is 21.5. The summed E-state index contributed by atoms with van der Waals surface area (Å²) in [5, 5.41) is 7.63. The zero-order valence-electron chi connectivity index (χ0n) is 16.0. The number of hydrogen-bond acceptors (Lipinski definition) is 5. The van der Waals surface area contributed by atoms with E-state index in [1.807, 2.05) is 0 Å². The highest BCUT2D eigenvalue weighted by atomic mass is 19.1. The van der Waals surface area contributed by atoms with Gasteiger partial charge in [0.25, 0.3) is 5.56 Å². The third-order valence-corrected chi connectivity index (χ3v) is 5.13. The molecule has 1 aliphatic heterocycles. The maximum absolute atomic E-state index is 14.4. The van der Waals surface area contributed by atoms with Crippen molar-refractivity contribution in [1.82, 2.24) is 14.5 Å². The van der Waals surface area contributed by atoms with Gasteiger partial charge in [0.05, 0.1) is 23.8 Å². The van der Waals surface area contributed by atoms with Crippen molar-refractivity contribution in [2.24, 2.45) is 0 Å². The summed E-state index contributed by atoms with van der Waals surface area (Å²) in [5.41, 5.74) is 1.67. The van der Waals surface area contributed by atoms with E-state index in [-0.39, 0.29) is 29.0 Å². The van der Waals surface area contributed by atoms with Gasteiger partial charge >= 0.3 is 0 Å². The molecule has 152 valence electrons. The van der Waals surface area contributed by atoms with Gasteiger partial charge in [-0.05, 0) is 29.8 Å². The van der Waals surface area contributed by atoms with Crippen LogP contribution in [-0.4, -0.2) is 20.7 Å². The molecule has 4 aromatic rings. The van der Waals surface area contributed by atoms with Crippen LogP contribution in [0.2, 0.25) is 0 Å². The van der Waals surface area contributed by atoms with E-state index in [0.29, 0.717) is 22.7 Å². The van der Waals surface area contributed by atoms with Gasteiger partial charge in [-0.1, -0.05) is 12.1 Å². The first-order valence-corrected chi connectivity index (χ1v) is 9.36. The van der Waals surface area contributed by atoms with Crippen molar-refractivity contribution >= 4 is 6.21 Å². The molecular weight excluding hydrogens is 402 g/mol. The number of nitrogens with one attached hydrogen (secondary N) is 1. The predicted molar refractivity (Wildman–Crippen MR) is 111 cm³/mol. The molecule has 3 aromatic heterocycles. The smallest absolute Gasteiger partial charge is 0.263 e. The topological polar surface area (TPSA) is 80.9 Å². The van der Waals surface area contributed by atoms with Gasteiger partial charge in [-0.3, -0.25) is 19.3 Å². The van der Waals surface area contributed by atoms with Crippen LogP contribution in [0.25, 0.3) is 28.1 Å². The largest absolute Gasteiger partial charge is 0.485 e. The lowest BCUT2D eigenvalue weighted by atomic mass is 9.96. The van der Waals surface area contributed by atoms with Crippen LogP contribution in [-0.2, 0) is 6.61 Å². The molecule has 0 spiro atoms. The summed E-state index contributed by atoms with van der Waals surface area (Å²) < 4.78 is 35.4. The summed E-state index contributed by atoms with van der Waals surface area (Å²) in [6, 6.07) is 10.6. The van der Waals surface area contributed by atoms with Crippen LogP contribution in [0.1, 0.15) is 11.3 Å². The average Bonchev–Trinajstić information content (AvgIpc) is 2.78. The number of ether oxygens (including phenoxy) is 1. The number of hydrogen-bond donors (Lipinski definition) is 1. The highest BCUT2D eigenvalue weighted by Crippen LogP contribution is 2.38. The maximum atomic E-state index is 14.4. The summed E-state index contributed by atoms with van der Waals surface area (Å²) in [7, 11) is 0. The minimum Gasteiger partial charge on any atom is -0.485 e. The second kappa shape index (κ2) is 7.24. The molecule has 5 rings (SSSR count). The second-order valence-corrected chi connectivity index (χ2v) is 6.90. The fraction of sp³-hybridized carbons (Fsp3) is 0.0435. The number of nitrogens with zero attached hydrogens (tertiary/aromatic N) is 3. The molecule has 4 heterocycles. The molecule has 0 aliphatic carbocycles. The van der Waals surface area contributed by atoms with Crippen LogP contribution in [0.4, 0.5) is 8.78 Å². The predicted octanol–water partition coefficient (Wildman–Crippen LogP) is 4.13. The van der Waals surface area contributed by atoms with E-state index in [0.717, 1.165) is 12.4 Å². The van der Waals surface area contributed by atoms with Crippen molar-refractivity contribution in [3.8, 4) is 33.8 Å². The van der Waals surface area contributed by atoms with Crippen LogP contribution in [0.5, 0.6) is 5.75 Å². The lowest BCUT2D eigenvalue weighted by Crippen LogP contribution is -2.27. The van der Waals surface area contributed by atoms with Gasteiger partial charge in [0.15, 0.2) is 0 Å². The van der Waals surface area contributed by atoms with E-state index in [1.165, 1.54) is 29.0 Å². The second-order valence-electron chi connectivity index (χ2n) is 6.90. The van der Waals surface area contributed by atoms with Crippen molar-refractivity contribution in [1.29, 1.82) is 5.41 Å². The maximum Gasteiger partial charge on any atom is 0.263 e. The quantitative estimate of drug-likeness (QED) is 0.509. The number of pyridine rings is 3. The summed E-state index contributed by atoms with van der Waals surface area (Å²) in [6.07, 6.45) is 4.87. The van der Waals surface area contributed by atoms with Gasteiger partial charge in [-0.15, -0.1) is 0 Å². The highest BCUT2D eigenvalue weighted by molar-refractivity contribution is 5.90.